The second kappa shape index (κ2) is 5.95. The number of rotatable bonds is 4. The molecule has 1 amide bonds. The molecule has 1 aromatic heterocycles. The third-order valence-corrected chi connectivity index (χ3v) is 4.07. The summed E-state index contributed by atoms with van der Waals surface area (Å²) in [6.45, 7) is 9.78. The van der Waals surface area contributed by atoms with E-state index >= 15 is 0 Å². The Morgan fingerprint density at radius 1 is 1.40 bits per heavy atom. The normalized spacial score (nSPS) is 20.0. The summed E-state index contributed by atoms with van der Waals surface area (Å²) in [6.07, 6.45) is 2.01. The van der Waals surface area contributed by atoms with Crippen LogP contribution in [-0.4, -0.2) is 39.2 Å². The van der Waals surface area contributed by atoms with E-state index in [4.69, 9.17) is 0 Å². The number of hydrogen-bond acceptors (Lipinski definition) is 3. The van der Waals surface area contributed by atoms with Crippen molar-refractivity contribution in [3.05, 3.63) is 17.0 Å². The van der Waals surface area contributed by atoms with Crippen molar-refractivity contribution < 1.29 is 4.79 Å². The first-order valence-corrected chi connectivity index (χ1v) is 7.44. The van der Waals surface area contributed by atoms with Gasteiger partial charge in [-0.3, -0.25) is 9.48 Å². The summed E-state index contributed by atoms with van der Waals surface area (Å²) < 4.78 is 1.89. The highest BCUT2D eigenvalue weighted by atomic mass is 16.2. The first-order chi connectivity index (χ1) is 9.40. The molecule has 1 atom stereocenters. The molecule has 0 spiro atoms. The lowest BCUT2D eigenvalue weighted by Crippen LogP contribution is -2.52. The quantitative estimate of drug-likeness (QED) is 0.908. The zero-order valence-electron chi connectivity index (χ0n) is 13.2. The van der Waals surface area contributed by atoms with E-state index < -0.39 is 0 Å². The van der Waals surface area contributed by atoms with Crippen LogP contribution in [0, 0.1) is 13.8 Å². The van der Waals surface area contributed by atoms with Crippen LogP contribution >= 0.6 is 0 Å². The van der Waals surface area contributed by atoms with Gasteiger partial charge >= 0.3 is 0 Å². The van der Waals surface area contributed by atoms with Crippen LogP contribution in [0.4, 0.5) is 0 Å². The Labute approximate surface area is 121 Å². The zero-order valence-corrected chi connectivity index (χ0v) is 13.2. The van der Waals surface area contributed by atoms with Gasteiger partial charge in [-0.25, -0.2) is 0 Å². The Hall–Kier alpha value is -1.36. The summed E-state index contributed by atoms with van der Waals surface area (Å²) in [5.41, 5.74) is 3.36. The van der Waals surface area contributed by atoms with Crippen molar-refractivity contribution >= 4 is 5.91 Å². The van der Waals surface area contributed by atoms with E-state index in [9.17, 15) is 4.79 Å². The molecule has 5 heteroatoms. The van der Waals surface area contributed by atoms with Gasteiger partial charge in [0.15, 0.2) is 0 Å². The van der Waals surface area contributed by atoms with Crippen LogP contribution in [-0.2, 0) is 18.4 Å². The molecule has 0 aliphatic carbocycles. The minimum Gasteiger partial charge on any atom is -0.337 e. The predicted molar refractivity (Wildman–Crippen MR) is 79.4 cm³/mol. The number of nitrogens with zero attached hydrogens (tertiary/aromatic N) is 3. The highest BCUT2D eigenvalue weighted by Crippen LogP contribution is 2.19. The molecule has 2 rings (SSSR count). The number of nitrogens with one attached hydrogen (secondary N) is 1. The largest absolute Gasteiger partial charge is 0.337 e. The second-order valence-electron chi connectivity index (χ2n) is 6.05. The highest BCUT2D eigenvalue weighted by Gasteiger charge is 2.29. The lowest BCUT2D eigenvalue weighted by atomic mass is 10.0. The molecule has 0 aromatic carbocycles. The topological polar surface area (TPSA) is 50.2 Å². The molecule has 1 aliphatic heterocycles. The monoisotopic (exact) mass is 278 g/mol. The molecule has 0 bridgehead atoms. The van der Waals surface area contributed by atoms with E-state index in [1.54, 1.807) is 0 Å². The maximum absolute atomic E-state index is 12.5. The van der Waals surface area contributed by atoms with Crippen LogP contribution in [0.2, 0.25) is 0 Å². The molecule has 1 fully saturated rings. The van der Waals surface area contributed by atoms with E-state index in [0.717, 1.165) is 30.8 Å². The summed E-state index contributed by atoms with van der Waals surface area (Å²) in [5, 5.41) is 7.80. The molecule has 1 aromatic rings. The first kappa shape index (κ1) is 15.0. The van der Waals surface area contributed by atoms with Gasteiger partial charge in [0.2, 0.25) is 5.91 Å². The SMILES string of the molecule is Cc1nn(C)c(C)c1CN1CCCC(NC(C)C)C1=O. The number of amides is 1. The maximum atomic E-state index is 12.5. The smallest absolute Gasteiger partial charge is 0.240 e. The molecule has 1 N–H and O–H groups in total. The maximum Gasteiger partial charge on any atom is 0.240 e. The third kappa shape index (κ3) is 3.03. The van der Waals surface area contributed by atoms with Gasteiger partial charge in [0.25, 0.3) is 0 Å². The minimum absolute atomic E-state index is 0.0268. The average Bonchev–Trinajstić information content (AvgIpc) is 2.60. The number of carbonyl (C=O) groups is 1. The minimum atomic E-state index is -0.0268. The molecule has 5 nitrogen and oxygen atoms in total. The summed E-state index contributed by atoms with van der Waals surface area (Å²) in [7, 11) is 1.95. The van der Waals surface area contributed by atoms with E-state index in [1.165, 1.54) is 5.56 Å². The summed E-state index contributed by atoms with van der Waals surface area (Å²) in [4.78, 5) is 14.5. The molecule has 1 unspecified atom stereocenters. The fourth-order valence-corrected chi connectivity index (χ4v) is 2.89. The standard InChI is InChI=1S/C15H26N4O/c1-10(2)16-14-7-6-8-19(15(14)20)9-13-11(3)17-18(5)12(13)4/h10,14,16H,6-9H2,1-5H3. The second-order valence-corrected chi connectivity index (χ2v) is 6.05. The zero-order chi connectivity index (χ0) is 14.9. The predicted octanol–water partition coefficient (Wildman–Crippen LogP) is 1.53. The van der Waals surface area contributed by atoms with E-state index in [-0.39, 0.29) is 11.9 Å². The summed E-state index contributed by atoms with van der Waals surface area (Å²) in [5.74, 6) is 0.229. The van der Waals surface area contributed by atoms with Gasteiger partial charge in [0.05, 0.1) is 11.7 Å². The summed E-state index contributed by atoms with van der Waals surface area (Å²) >= 11 is 0. The Balaban J connectivity index is 2.10. The van der Waals surface area contributed by atoms with Crippen molar-refractivity contribution in [1.29, 1.82) is 0 Å². The number of aryl methyl sites for hydroxylation is 2. The lowest BCUT2D eigenvalue weighted by molar-refractivity contribution is -0.136. The van der Waals surface area contributed by atoms with Crippen LogP contribution < -0.4 is 5.32 Å². The van der Waals surface area contributed by atoms with Crippen LogP contribution in [0.3, 0.4) is 0 Å². The van der Waals surface area contributed by atoms with Crippen molar-refractivity contribution in [3.63, 3.8) is 0 Å². The molecule has 1 saturated heterocycles. The van der Waals surface area contributed by atoms with Crippen LogP contribution in [0.15, 0.2) is 0 Å². The Morgan fingerprint density at radius 2 is 2.10 bits per heavy atom. The van der Waals surface area contributed by atoms with E-state index in [0.29, 0.717) is 12.6 Å². The molecule has 2 heterocycles. The molecular formula is C15H26N4O. The fourth-order valence-electron chi connectivity index (χ4n) is 2.89. The van der Waals surface area contributed by atoms with E-state index in [1.807, 2.05) is 23.6 Å². The van der Waals surface area contributed by atoms with Crippen molar-refractivity contribution in [3.8, 4) is 0 Å². The molecule has 20 heavy (non-hydrogen) atoms. The number of likely N-dealkylation sites (tertiary alicyclic amines) is 1. The van der Waals surface area contributed by atoms with Gasteiger partial charge in [-0.1, -0.05) is 13.8 Å². The molecule has 0 saturated carbocycles. The van der Waals surface area contributed by atoms with Gasteiger partial charge < -0.3 is 10.2 Å². The molecule has 112 valence electrons. The van der Waals surface area contributed by atoms with E-state index in [2.05, 4.69) is 31.2 Å². The van der Waals surface area contributed by atoms with Crippen molar-refractivity contribution in [1.82, 2.24) is 20.0 Å². The lowest BCUT2D eigenvalue weighted by Gasteiger charge is -2.33. The number of hydrogen-bond donors (Lipinski definition) is 1. The Bertz CT molecular complexity index is 492. The van der Waals surface area contributed by atoms with Crippen LogP contribution in [0.25, 0.3) is 0 Å². The number of aromatic nitrogens is 2. The van der Waals surface area contributed by atoms with Crippen molar-refractivity contribution in [2.45, 2.75) is 59.2 Å². The van der Waals surface area contributed by atoms with Gasteiger partial charge in [-0.15, -0.1) is 0 Å². The number of piperidine rings is 1. The number of carbonyl (C=O) groups excluding carboxylic acids is 1. The van der Waals surface area contributed by atoms with Gasteiger partial charge in [0.1, 0.15) is 0 Å². The van der Waals surface area contributed by atoms with Gasteiger partial charge in [-0.2, -0.15) is 5.10 Å². The van der Waals surface area contributed by atoms with Crippen molar-refractivity contribution in [2.24, 2.45) is 7.05 Å². The first-order valence-electron chi connectivity index (χ1n) is 7.44. The highest BCUT2D eigenvalue weighted by molar-refractivity contribution is 5.82. The fraction of sp³-hybridized carbons (Fsp3) is 0.733. The third-order valence-electron chi connectivity index (χ3n) is 4.07. The Morgan fingerprint density at radius 3 is 2.65 bits per heavy atom. The molecular weight excluding hydrogens is 252 g/mol. The van der Waals surface area contributed by atoms with Crippen LogP contribution in [0.5, 0.6) is 0 Å². The molecule has 0 radical (unpaired) electrons. The van der Waals surface area contributed by atoms with Gasteiger partial charge in [0, 0.05) is 37.4 Å². The summed E-state index contributed by atoms with van der Waals surface area (Å²) in [6, 6.07) is 0.312. The molecule has 1 aliphatic rings. The van der Waals surface area contributed by atoms with Gasteiger partial charge in [-0.05, 0) is 26.7 Å². The Kier molecular flexibility index (Phi) is 4.48. The average molecular weight is 278 g/mol. The van der Waals surface area contributed by atoms with Crippen molar-refractivity contribution in [2.75, 3.05) is 6.54 Å². The van der Waals surface area contributed by atoms with Crippen LogP contribution in [0.1, 0.15) is 43.6 Å².